The first-order chi connectivity index (χ1) is 10.3. The molecule has 7 heteroatoms. The molecule has 0 aromatic carbocycles. The topological polar surface area (TPSA) is 75.2 Å². The van der Waals surface area contributed by atoms with Gasteiger partial charge in [-0.2, -0.15) is 15.0 Å². The van der Waals surface area contributed by atoms with E-state index in [4.69, 9.17) is 4.74 Å². The van der Waals surface area contributed by atoms with E-state index in [1.54, 1.807) is 0 Å². The van der Waals surface area contributed by atoms with Gasteiger partial charge in [0.05, 0.1) is 13.2 Å². The number of nitrogens with zero attached hydrogens (tertiary/aromatic N) is 4. The molecule has 0 spiro atoms. The largest absolute Gasteiger partial charge is 0.378 e. The molecule has 116 valence electrons. The van der Waals surface area contributed by atoms with Crippen molar-refractivity contribution in [3.8, 4) is 0 Å². The van der Waals surface area contributed by atoms with Crippen molar-refractivity contribution < 1.29 is 4.74 Å². The Morgan fingerprint density at radius 2 is 1.81 bits per heavy atom. The van der Waals surface area contributed by atoms with E-state index in [0.717, 1.165) is 57.2 Å². The number of ether oxygens (including phenoxy) is 1. The van der Waals surface area contributed by atoms with Crippen molar-refractivity contribution in [1.82, 2.24) is 15.0 Å². The first-order valence-corrected chi connectivity index (χ1v) is 7.82. The Morgan fingerprint density at radius 3 is 2.43 bits per heavy atom. The van der Waals surface area contributed by atoms with Crippen LogP contribution in [0.1, 0.15) is 20.3 Å². The number of anilines is 3. The fraction of sp³-hybridized carbons (Fsp3) is 0.786. The van der Waals surface area contributed by atoms with E-state index in [2.05, 4.69) is 37.4 Å². The lowest BCUT2D eigenvalue weighted by Gasteiger charge is -2.27. The highest BCUT2D eigenvalue weighted by atomic mass is 16.5. The zero-order valence-corrected chi connectivity index (χ0v) is 12.8. The molecule has 21 heavy (non-hydrogen) atoms. The number of hydrogen-bond donors (Lipinski definition) is 2. The minimum atomic E-state index is 0.639. The van der Waals surface area contributed by atoms with Crippen LogP contribution < -0.4 is 15.5 Å². The van der Waals surface area contributed by atoms with Gasteiger partial charge in [0.2, 0.25) is 17.8 Å². The average Bonchev–Trinajstić information content (AvgIpc) is 3.22. The molecular weight excluding hydrogens is 268 g/mol. The fourth-order valence-electron chi connectivity index (χ4n) is 2.49. The molecule has 2 fully saturated rings. The van der Waals surface area contributed by atoms with Gasteiger partial charge in [0.25, 0.3) is 0 Å². The van der Waals surface area contributed by atoms with Crippen molar-refractivity contribution in [2.24, 2.45) is 11.8 Å². The predicted molar refractivity (Wildman–Crippen MR) is 82.8 cm³/mol. The van der Waals surface area contributed by atoms with Crippen molar-refractivity contribution >= 4 is 17.8 Å². The highest BCUT2D eigenvalue weighted by Crippen LogP contribution is 2.37. The van der Waals surface area contributed by atoms with Gasteiger partial charge < -0.3 is 20.3 Å². The van der Waals surface area contributed by atoms with Crippen LogP contribution in [0.2, 0.25) is 0 Å². The first kappa shape index (κ1) is 14.3. The summed E-state index contributed by atoms with van der Waals surface area (Å²) in [6.45, 7) is 9.17. The van der Waals surface area contributed by atoms with Gasteiger partial charge in [0, 0.05) is 26.2 Å². The van der Waals surface area contributed by atoms with Crippen LogP contribution in [0.3, 0.4) is 0 Å². The monoisotopic (exact) mass is 292 g/mol. The van der Waals surface area contributed by atoms with Gasteiger partial charge >= 0.3 is 0 Å². The van der Waals surface area contributed by atoms with Crippen LogP contribution in [0, 0.1) is 11.8 Å². The number of hydrogen-bond acceptors (Lipinski definition) is 7. The van der Waals surface area contributed by atoms with Gasteiger partial charge in [-0.25, -0.2) is 0 Å². The summed E-state index contributed by atoms with van der Waals surface area (Å²) in [7, 11) is 0. The summed E-state index contributed by atoms with van der Waals surface area (Å²) in [5.41, 5.74) is 0. The first-order valence-electron chi connectivity index (χ1n) is 7.82. The lowest BCUT2D eigenvalue weighted by molar-refractivity contribution is 0.122. The van der Waals surface area contributed by atoms with Crippen LogP contribution in [0.4, 0.5) is 17.8 Å². The third-order valence-corrected chi connectivity index (χ3v) is 4.05. The molecule has 2 atom stereocenters. The van der Waals surface area contributed by atoms with E-state index in [9.17, 15) is 0 Å². The Hall–Kier alpha value is -1.63. The van der Waals surface area contributed by atoms with Crippen molar-refractivity contribution in [2.75, 3.05) is 54.9 Å². The Labute approximate surface area is 125 Å². The molecule has 7 nitrogen and oxygen atoms in total. The van der Waals surface area contributed by atoms with E-state index < -0.39 is 0 Å². The van der Waals surface area contributed by atoms with Crippen LogP contribution in [-0.2, 0) is 4.74 Å². The Kier molecular flexibility index (Phi) is 4.38. The minimum absolute atomic E-state index is 0.639. The lowest BCUT2D eigenvalue weighted by Crippen LogP contribution is -2.37. The molecule has 1 aliphatic heterocycles. The summed E-state index contributed by atoms with van der Waals surface area (Å²) in [5.74, 6) is 3.62. The van der Waals surface area contributed by atoms with Gasteiger partial charge in [-0.15, -0.1) is 0 Å². The molecule has 2 N–H and O–H groups in total. The van der Waals surface area contributed by atoms with Crippen LogP contribution in [0.15, 0.2) is 0 Å². The molecule has 3 rings (SSSR count). The maximum Gasteiger partial charge on any atom is 0.232 e. The smallest absolute Gasteiger partial charge is 0.232 e. The average molecular weight is 292 g/mol. The zero-order valence-electron chi connectivity index (χ0n) is 12.8. The number of aromatic nitrogens is 3. The molecule has 1 saturated carbocycles. The van der Waals surface area contributed by atoms with Crippen molar-refractivity contribution in [2.45, 2.75) is 20.3 Å². The van der Waals surface area contributed by atoms with E-state index in [1.165, 1.54) is 6.42 Å². The molecule has 0 bridgehead atoms. The lowest BCUT2D eigenvalue weighted by atomic mass is 10.3. The Balaban J connectivity index is 1.72. The minimum Gasteiger partial charge on any atom is -0.378 e. The second-order valence-corrected chi connectivity index (χ2v) is 5.77. The van der Waals surface area contributed by atoms with Gasteiger partial charge in [-0.3, -0.25) is 0 Å². The SMILES string of the molecule is CCNc1nc(NCC2CC2C)nc(N2CCOCC2)n1. The Bertz CT molecular complexity index is 477. The van der Waals surface area contributed by atoms with Crippen molar-refractivity contribution in [1.29, 1.82) is 0 Å². The van der Waals surface area contributed by atoms with E-state index in [1.807, 2.05) is 6.92 Å². The summed E-state index contributed by atoms with van der Waals surface area (Å²) in [6, 6.07) is 0. The van der Waals surface area contributed by atoms with Crippen LogP contribution in [-0.4, -0.2) is 54.3 Å². The number of rotatable bonds is 6. The Morgan fingerprint density at radius 1 is 1.14 bits per heavy atom. The van der Waals surface area contributed by atoms with Gasteiger partial charge in [0.1, 0.15) is 0 Å². The maximum atomic E-state index is 5.38. The van der Waals surface area contributed by atoms with Crippen molar-refractivity contribution in [3.05, 3.63) is 0 Å². The van der Waals surface area contributed by atoms with E-state index in [0.29, 0.717) is 11.9 Å². The molecule has 1 aromatic heterocycles. The summed E-state index contributed by atoms with van der Waals surface area (Å²) in [5, 5.41) is 6.53. The van der Waals surface area contributed by atoms with Gasteiger partial charge in [-0.05, 0) is 25.2 Å². The second kappa shape index (κ2) is 6.43. The highest BCUT2D eigenvalue weighted by Gasteiger charge is 2.32. The molecule has 0 amide bonds. The molecule has 2 aliphatic rings. The van der Waals surface area contributed by atoms with Gasteiger partial charge in [0.15, 0.2) is 0 Å². The predicted octanol–water partition coefficient (Wildman–Crippen LogP) is 1.21. The van der Waals surface area contributed by atoms with Crippen molar-refractivity contribution in [3.63, 3.8) is 0 Å². The molecule has 2 unspecified atom stereocenters. The number of morpholine rings is 1. The zero-order chi connectivity index (χ0) is 14.7. The fourth-order valence-corrected chi connectivity index (χ4v) is 2.49. The molecular formula is C14H24N6O. The molecule has 1 aliphatic carbocycles. The summed E-state index contributed by atoms with van der Waals surface area (Å²) < 4.78 is 5.38. The third-order valence-electron chi connectivity index (χ3n) is 4.05. The highest BCUT2D eigenvalue weighted by molar-refractivity contribution is 5.44. The quantitative estimate of drug-likeness (QED) is 0.816. The molecule has 1 saturated heterocycles. The molecule has 1 aromatic rings. The van der Waals surface area contributed by atoms with Crippen LogP contribution in [0.5, 0.6) is 0 Å². The van der Waals surface area contributed by atoms with Crippen LogP contribution >= 0.6 is 0 Å². The second-order valence-electron chi connectivity index (χ2n) is 5.77. The number of nitrogens with one attached hydrogen (secondary N) is 2. The third kappa shape index (κ3) is 3.72. The molecule has 2 heterocycles. The van der Waals surface area contributed by atoms with E-state index >= 15 is 0 Å². The molecule has 0 radical (unpaired) electrons. The summed E-state index contributed by atoms with van der Waals surface area (Å²) >= 11 is 0. The standard InChI is InChI=1S/C14H24N6O/c1-3-15-12-17-13(16-9-11-8-10(11)2)19-14(18-12)20-4-6-21-7-5-20/h10-11H,3-9H2,1-2H3,(H2,15,16,17,18,19). The van der Waals surface area contributed by atoms with Crippen LogP contribution in [0.25, 0.3) is 0 Å². The maximum absolute atomic E-state index is 5.38. The summed E-state index contributed by atoms with van der Waals surface area (Å²) in [4.78, 5) is 15.7. The van der Waals surface area contributed by atoms with Gasteiger partial charge in [-0.1, -0.05) is 6.92 Å². The summed E-state index contributed by atoms with van der Waals surface area (Å²) in [6.07, 6.45) is 1.30. The normalized spacial score (nSPS) is 24.8. The van der Waals surface area contributed by atoms with E-state index in [-0.39, 0.29) is 0 Å².